The maximum Gasteiger partial charge on any atom is 0.242 e. The van der Waals surface area contributed by atoms with Crippen molar-refractivity contribution in [1.82, 2.24) is 14.8 Å². The van der Waals surface area contributed by atoms with Gasteiger partial charge in [-0.15, -0.1) is 0 Å². The number of rotatable bonds is 7. The van der Waals surface area contributed by atoms with E-state index in [1.165, 1.54) is 5.56 Å². The molecule has 1 aromatic rings. The highest BCUT2D eigenvalue weighted by molar-refractivity contribution is 5.76. The molecule has 0 radical (unpaired) electrons. The molecule has 1 aliphatic heterocycles. The summed E-state index contributed by atoms with van der Waals surface area (Å²) in [7, 11) is 0. The van der Waals surface area contributed by atoms with Crippen LogP contribution < -0.4 is 5.32 Å². The van der Waals surface area contributed by atoms with Gasteiger partial charge in [-0.2, -0.15) is 0 Å². The van der Waals surface area contributed by atoms with Gasteiger partial charge in [0, 0.05) is 31.5 Å². The molecule has 0 aliphatic carbocycles. The minimum atomic E-state index is 0.177. The Balaban J connectivity index is 1.93. The van der Waals surface area contributed by atoms with Crippen molar-refractivity contribution in [3.63, 3.8) is 0 Å². The number of amides is 1. The van der Waals surface area contributed by atoms with Crippen LogP contribution in [0.5, 0.6) is 0 Å². The van der Waals surface area contributed by atoms with Crippen LogP contribution in [-0.2, 0) is 16.1 Å². The van der Waals surface area contributed by atoms with Crippen molar-refractivity contribution >= 4 is 5.91 Å². The number of nitrogens with one attached hydrogen (secondary N) is 1. The molecular weight excluding hydrogens is 266 g/mol. The Labute approximate surface area is 127 Å². The average molecular weight is 293 g/mol. The first-order chi connectivity index (χ1) is 10.2. The van der Waals surface area contributed by atoms with E-state index in [4.69, 9.17) is 4.74 Å². The molecule has 5 nitrogen and oxygen atoms in total. The molecule has 1 aromatic heterocycles. The minimum absolute atomic E-state index is 0.177. The van der Waals surface area contributed by atoms with Gasteiger partial charge in [-0.1, -0.05) is 20.3 Å². The standard InChI is InChI=1S/C16H27N3O2/c1-3-5-15(17-4-2)14-6-7-18(12-14)13-16(20)19-8-10-21-11-9-19/h6-7,12,15,17H,3-5,8-11,13H2,1-2H3. The van der Waals surface area contributed by atoms with Crippen LogP contribution in [0.4, 0.5) is 0 Å². The van der Waals surface area contributed by atoms with Crippen LogP contribution in [0.1, 0.15) is 38.3 Å². The molecule has 1 saturated heterocycles. The lowest BCUT2D eigenvalue weighted by Gasteiger charge is -2.27. The maximum atomic E-state index is 12.2. The van der Waals surface area contributed by atoms with Gasteiger partial charge < -0.3 is 19.5 Å². The highest BCUT2D eigenvalue weighted by atomic mass is 16.5. The highest BCUT2D eigenvalue weighted by Crippen LogP contribution is 2.18. The minimum Gasteiger partial charge on any atom is -0.378 e. The Morgan fingerprint density at radius 2 is 2.14 bits per heavy atom. The van der Waals surface area contributed by atoms with Crippen molar-refractivity contribution in [2.75, 3.05) is 32.8 Å². The van der Waals surface area contributed by atoms with Gasteiger partial charge >= 0.3 is 0 Å². The van der Waals surface area contributed by atoms with Gasteiger partial charge in [0.2, 0.25) is 5.91 Å². The number of morpholine rings is 1. The van der Waals surface area contributed by atoms with E-state index < -0.39 is 0 Å². The van der Waals surface area contributed by atoms with Crippen LogP contribution >= 0.6 is 0 Å². The van der Waals surface area contributed by atoms with Crippen LogP contribution in [-0.4, -0.2) is 48.2 Å². The zero-order valence-electron chi connectivity index (χ0n) is 13.2. The molecule has 2 rings (SSSR count). The van der Waals surface area contributed by atoms with E-state index in [1.807, 2.05) is 15.7 Å². The molecule has 0 saturated carbocycles. The molecule has 1 atom stereocenters. The largest absolute Gasteiger partial charge is 0.378 e. The number of hydrogen-bond donors (Lipinski definition) is 1. The number of carbonyl (C=O) groups is 1. The molecule has 1 unspecified atom stereocenters. The van der Waals surface area contributed by atoms with Gasteiger partial charge in [-0.25, -0.2) is 0 Å². The Morgan fingerprint density at radius 1 is 1.38 bits per heavy atom. The molecule has 0 bridgehead atoms. The van der Waals surface area contributed by atoms with Crippen molar-refractivity contribution in [1.29, 1.82) is 0 Å². The molecule has 21 heavy (non-hydrogen) atoms. The Kier molecular flexibility index (Phi) is 6.26. The molecule has 1 amide bonds. The van der Waals surface area contributed by atoms with E-state index in [0.29, 0.717) is 38.9 Å². The fourth-order valence-corrected chi connectivity index (χ4v) is 2.75. The second-order valence-electron chi connectivity index (χ2n) is 5.51. The fourth-order valence-electron chi connectivity index (χ4n) is 2.75. The predicted octanol–water partition coefficient (Wildman–Crippen LogP) is 1.80. The summed E-state index contributed by atoms with van der Waals surface area (Å²) in [6.07, 6.45) is 6.37. The van der Waals surface area contributed by atoms with Crippen molar-refractivity contribution < 1.29 is 9.53 Å². The summed E-state index contributed by atoms with van der Waals surface area (Å²) in [5.74, 6) is 0.177. The lowest BCUT2D eigenvalue weighted by molar-refractivity contribution is -0.135. The summed E-state index contributed by atoms with van der Waals surface area (Å²) < 4.78 is 7.27. The zero-order valence-corrected chi connectivity index (χ0v) is 13.2. The first kappa shape index (κ1) is 16.0. The van der Waals surface area contributed by atoms with Crippen molar-refractivity contribution in [3.05, 3.63) is 24.0 Å². The Bertz CT molecular complexity index is 432. The molecule has 2 heterocycles. The number of nitrogens with zero attached hydrogens (tertiary/aromatic N) is 2. The Hall–Kier alpha value is -1.33. The smallest absolute Gasteiger partial charge is 0.242 e. The summed E-state index contributed by atoms with van der Waals surface area (Å²) in [5.41, 5.74) is 1.27. The van der Waals surface area contributed by atoms with Gasteiger partial charge in [0.05, 0.1) is 13.2 Å². The summed E-state index contributed by atoms with van der Waals surface area (Å²) in [5, 5.41) is 3.50. The third-order valence-electron chi connectivity index (χ3n) is 3.89. The first-order valence-electron chi connectivity index (χ1n) is 7.99. The van der Waals surface area contributed by atoms with Crippen molar-refractivity contribution in [3.8, 4) is 0 Å². The summed E-state index contributed by atoms with van der Waals surface area (Å²) in [6.45, 7) is 8.44. The van der Waals surface area contributed by atoms with E-state index in [0.717, 1.165) is 19.4 Å². The van der Waals surface area contributed by atoms with E-state index in [2.05, 4.69) is 31.4 Å². The third-order valence-corrected chi connectivity index (χ3v) is 3.89. The van der Waals surface area contributed by atoms with Crippen LogP contribution in [0, 0.1) is 0 Å². The molecule has 1 fully saturated rings. The molecule has 5 heteroatoms. The van der Waals surface area contributed by atoms with Crippen LogP contribution in [0.2, 0.25) is 0 Å². The van der Waals surface area contributed by atoms with Gasteiger partial charge in [0.15, 0.2) is 0 Å². The molecule has 0 spiro atoms. The second kappa shape index (κ2) is 8.20. The van der Waals surface area contributed by atoms with Gasteiger partial charge in [0.25, 0.3) is 0 Å². The van der Waals surface area contributed by atoms with E-state index >= 15 is 0 Å². The van der Waals surface area contributed by atoms with Gasteiger partial charge in [0.1, 0.15) is 6.54 Å². The average Bonchev–Trinajstić information content (AvgIpc) is 2.96. The maximum absolute atomic E-state index is 12.2. The monoisotopic (exact) mass is 293 g/mol. The van der Waals surface area contributed by atoms with Crippen LogP contribution in [0.25, 0.3) is 0 Å². The number of carbonyl (C=O) groups excluding carboxylic acids is 1. The van der Waals surface area contributed by atoms with Crippen molar-refractivity contribution in [2.24, 2.45) is 0 Å². The van der Waals surface area contributed by atoms with Gasteiger partial charge in [-0.05, 0) is 24.6 Å². The van der Waals surface area contributed by atoms with Crippen LogP contribution in [0.15, 0.2) is 18.5 Å². The van der Waals surface area contributed by atoms with E-state index in [9.17, 15) is 4.79 Å². The van der Waals surface area contributed by atoms with Crippen LogP contribution in [0.3, 0.4) is 0 Å². The predicted molar refractivity (Wildman–Crippen MR) is 83.2 cm³/mol. The molecule has 1 aliphatic rings. The normalized spacial score (nSPS) is 17.0. The topological polar surface area (TPSA) is 46.5 Å². The lowest BCUT2D eigenvalue weighted by Crippen LogP contribution is -2.42. The number of aromatic nitrogens is 1. The molecular formula is C16H27N3O2. The summed E-state index contributed by atoms with van der Waals surface area (Å²) in [4.78, 5) is 14.1. The molecule has 0 aromatic carbocycles. The highest BCUT2D eigenvalue weighted by Gasteiger charge is 2.17. The zero-order chi connectivity index (χ0) is 15.1. The fraction of sp³-hybridized carbons (Fsp3) is 0.688. The van der Waals surface area contributed by atoms with E-state index in [1.54, 1.807) is 0 Å². The Morgan fingerprint density at radius 3 is 2.81 bits per heavy atom. The number of ether oxygens (including phenoxy) is 1. The van der Waals surface area contributed by atoms with Crippen molar-refractivity contribution in [2.45, 2.75) is 39.3 Å². The molecule has 1 N–H and O–H groups in total. The first-order valence-corrected chi connectivity index (χ1v) is 7.99. The molecule has 118 valence electrons. The second-order valence-corrected chi connectivity index (χ2v) is 5.51. The number of hydrogen-bond acceptors (Lipinski definition) is 3. The lowest BCUT2D eigenvalue weighted by atomic mass is 10.1. The summed E-state index contributed by atoms with van der Waals surface area (Å²) in [6, 6.07) is 2.51. The quantitative estimate of drug-likeness (QED) is 0.834. The third kappa shape index (κ3) is 4.58. The SMILES string of the molecule is CCCC(NCC)c1ccn(CC(=O)N2CCOCC2)c1. The summed E-state index contributed by atoms with van der Waals surface area (Å²) >= 11 is 0. The van der Waals surface area contributed by atoms with E-state index in [-0.39, 0.29) is 5.91 Å². The van der Waals surface area contributed by atoms with Gasteiger partial charge in [-0.3, -0.25) is 4.79 Å².